The van der Waals surface area contributed by atoms with Gasteiger partial charge in [-0.05, 0) is 32.1 Å². The molecule has 0 fully saturated rings. The Hall–Kier alpha value is -1.62. The maximum atomic E-state index is 12.4. The second-order valence-corrected chi connectivity index (χ2v) is 6.17. The van der Waals surface area contributed by atoms with Crippen molar-refractivity contribution >= 4 is 16.2 Å². The van der Waals surface area contributed by atoms with Gasteiger partial charge in [-0.2, -0.15) is 0 Å². The molecule has 0 unspecified atom stereocenters. The molecule has 1 aliphatic rings. The fraction of sp³-hybridized carbons (Fsp3) is 0.308. The molecule has 18 heavy (non-hydrogen) atoms. The van der Waals surface area contributed by atoms with E-state index in [4.69, 9.17) is 4.74 Å². The van der Waals surface area contributed by atoms with Crippen molar-refractivity contribution in [3.8, 4) is 0 Å². The summed E-state index contributed by atoms with van der Waals surface area (Å²) in [6, 6.07) is 6.75. The van der Waals surface area contributed by atoms with E-state index in [0.717, 1.165) is 5.56 Å². The zero-order chi connectivity index (χ0) is 13.2. The Morgan fingerprint density at radius 3 is 2.56 bits per heavy atom. The lowest BCUT2D eigenvalue weighted by Gasteiger charge is -2.14. The van der Waals surface area contributed by atoms with Crippen LogP contribution in [0, 0.1) is 6.92 Å². The lowest BCUT2D eigenvalue weighted by molar-refractivity contribution is 0.273. The van der Waals surface area contributed by atoms with Crippen LogP contribution in [-0.2, 0) is 14.6 Å². The largest absolute Gasteiger partial charge is 0.473 e. The topological polar surface area (TPSA) is 55.7 Å². The molecule has 0 saturated heterocycles. The minimum atomic E-state index is -3.50. The highest BCUT2D eigenvalue weighted by molar-refractivity contribution is 7.92. The number of ether oxygens (including phenoxy) is 1. The molecule has 0 aromatic heterocycles. The van der Waals surface area contributed by atoms with Crippen LogP contribution in [0.2, 0.25) is 0 Å². The third-order valence-electron chi connectivity index (χ3n) is 2.76. The summed E-state index contributed by atoms with van der Waals surface area (Å²) < 4.78 is 30.0. The number of allylic oxidation sites excluding steroid dienone is 1. The van der Waals surface area contributed by atoms with E-state index < -0.39 is 21.3 Å². The molecule has 2 atom stereocenters. The molecular formula is C13H15NO3S. The van der Waals surface area contributed by atoms with Crippen LogP contribution in [0.15, 0.2) is 46.3 Å². The number of rotatable bonds is 3. The molecule has 0 amide bonds. The lowest BCUT2D eigenvalue weighted by Crippen LogP contribution is -2.28. The highest BCUT2D eigenvalue weighted by Crippen LogP contribution is 2.24. The molecule has 0 saturated carbocycles. The maximum absolute atomic E-state index is 12.4. The molecule has 96 valence electrons. The second kappa shape index (κ2) is 4.94. The van der Waals surface area contributed by atoms with Crippen LogP contribution in [-0.4, -0.2) is 26.3 Å². The van der Waals surface area contributed by atoms with Crippen LogP contribution in [0.1, 0.15) is 12.5 Å². The molecule has 0 bridgehead atoms. The van der Waals surface area contributed by atoms with Gasteiger partial charge in [0.2, 0.25) is 9.84 Å². The smallest absolute Gasteiger partial charge is 0.205 e. The average Bonchev–Trinajstić information content (AvgIpc) is 2.79. The molecule has 2 rings (SSSR count). The maximum Gasteiger partial charge on any atom is 0.205 e. The Morgan fingerprint density at radius 2 is 1.94 bits per heavy atom. The molecule has 1 aromatic carbocycles. The monoisotopic (exact) mass is 265 g/mol. The lowest BCUT2D eigenvalue weighted by atomic mass is 10.2. The summed E-state index contributed by atoms with van der Waals surface area (Å²) in [7, 11) is -3.50. The number of hydrogen-bond acceptors (Lipinski definition) is 4. The number of nitrogens with zero attached hydrogens (tertiary/aromatic N) is 1. The Balaban J connectivity index is 2.36. The van der Waals surface area contributed by atoms with E-state index in [1.165, 1.54) is 6.40 Å². The zero-order valence-electron chi connectivity index (χ0n) is 10.3. The second-order valence-electron chi connectivity index (χ2n) is 4.13. The predicted octanol–water partition coefficient (Wildman–Crippen LogP) is 2.10. The summed E-state index contributed by atoms with van der Waals surface area (Å²) in [5, 5.41) is -0.892. The van der Waals surface area contributed by atoms with Gasteiger partial charge in [0, 0.05) is 0 Å². The molecule has 1 aromatic rings. The van der Waals surface area contributed by atoms with Gasteiger partial charge < -0.3 is 4.74 Å². The van der Waals surface area contributed by atoms with Crippen molar-refractivity contribution in [3.63, 3.8) is 0 Å². The highest BCUT2D eigenvalue weighted by Gasteiger charge is 2.36. The summed E-state index contributed by atoms with van der Waals surface area (Å²) in [6.07, 6.45) is 4.13. The first-order chi connectivity index (χ1) is 8.55. The number of aryl methyl sites for hydroxylation is 1. The minimum Gasteiger partial charge on any atom is -0.473 e. The standard InChI is InChI=1S/C13H15NO3S/c1-3-4-12-13(14-9-17-12)18(15,16)11-7-5-10(2)6-8-11/h3-9,12-13H,1-2H3/b4-3+/t12-,13-/m1/s1. The molecule has 0 spiro atoms. The van der Waals surface area contributed by atoms with Gasteiger partial charge in [-0.15, -0.1) is 0 Å². The van der Waals surface area contributed by atoms with E-state index in [2.05, 4.69) is 4.99 Å². The summed E-state index contributed by atoms with van der Waals surface area (Å²) >= 11 is 0. The van der Waals surface area contributed by atoms with Crippen LogP contribution in [0.4, 0.5) is 0 Å². The van der Waals surface area contributed by atoms with Gasteiger partial charge in [-0.1, -0.05) is 23.8 Å². The van der Waals surface area contributed by atoms with Crippen molar-refractivity contribution in [1.29, 1.82) is 0 Å². The number of hydrogen-bond donors (Lipinski definition) is 0. The molecule has 0 N–H and O–H groups in total. The Morgan fingerprint density at radius 1 is 1.28 bits per heavy atom. The van der Waals surface area contributed by atoms with Crippen molar-refractivity contribution in [3.05, 3.63) is 42.0 Å². The van der Waals surface area contributed by atoms with Gasteiger partial charge >= 0.3 is 0 Å². The van der Waals surface area contributed by atoms with E-state index in [0.29, 0.717) is 0 Å². The summed E-state index contributed by atoms with van der Waals surface area (Å²) in [6.45, 7) is 3.73. The first-order valence-electron chi connectivity index (χ1n) is 5.66. The van der Waals surface area contributed by atoms with E-state index >= 15 is 0 Å². The van der Waals surface area contributed by atoms with Gasteiger partial charge in [-0.25, -0.2) is 13.4 Å². The first kappa shape index (κ1) is 12.8. The third kappa shape index (κ3) is 2.31. The SMILES string of the molecule is C/C=C/[C@H]1OC=N[C@@H]1S(=O)(=O)c1ccc(C)cc1. The Labute approximate surface area is 107 Å². The van der Waals surface area contributed by atoms with Gasteiger partial charge in [0.25, 0.3) is 0 Å². The summed E-state index contributed by atoms with van der Waals surface area (Å²) in [5.74, 6) is 0. The average molecular weight is 265 g/mol. The number of aliphatic imine (C=N–C) groups is 1. The first-order valence-corrected chi connectivity index (χ1v) is 7.21. The third-order valence-corrected chi connectivity index (χ3v) is 4.71. The van der Waals surface area contributed by atoms with Crippen LogP contribution >= 0.6 is 0 Å². The van der Waals surface area contributed by atoms with Gasteiger partial charge in [-0.3, -0.25) is 0 Å². The Kier molecular flexibility index (Phi) is 3.52. The molecule has 0 radical (unpaired) electrons. The normalized spacial score (nSPS) is 23.4. The summed E-state index contributed by atoms with van der Waals surface area (Å²) in [4.78, 5) is 4.19. The quantitative estimate of drug-likeness (QED) is 0.786. The van der Waals surface area contributed by atoms with E-state index in [-0.39, 0.29) is 4.90 Å². The van der Waals surface area contributed by atoms with Crippen molar-refractivity contribution in [1.82, 2.24) is 0 Å². The van der Waals surface area contributed by atoms with Crippen molar-refractivity contribution in [2.75, 3.05) is 0 Å². The van der Waals surface area contributed by atoms with Crippen molar-refractivity contribution in [2.45, 2.75) is 30.2 Å². The molecular weight excluding hydrogens is 250 g/mol. The molecule has 5 heteroatoms. The Bertz CT molecular complexity index is 573. The van der Waals surface area contributed by atoms with Crippen LogP contribution in [0.3, 0.4) is 0 Å². The van der Waals surface area contributed by atoms with E-state index in [9.17, 15) is 8.42 Å². The fourth-order valence-corrected chi connectivity index (χ4v) is 3.28. The van der Waals surface area contributed by atoms with Crippen LogP contribution in [0.5, 0.6) is 0 Å². The predicted molar refractivity (Wildman–Crippen MR) is 70.3 cm³/mol. The molecule has 0 aliphatic carbocycles. The van der Waals surface area contributed by atoms with Gasteiger partial charge in [0.1, 0.15) is 0 Å². The fourth-order valence-electron chi connectivity index (χ4n) is 1.77. The molecule has 4 nitrogen and oxygen atoms in total. The molecule has 1 heterocycles. The van der Waals surface area contributed by atoms with Gasteiger partial charge in [0.05, 0.1) is 4.90 Å². The number of benzene rings is 1. The van der Waals surface area contributed by atoms with E-state index in [1.807, 2.05) is 13.8 Å². The minimum absolute atomic E-state index is 0.273. The summed E-state index contributed by atoms with van der Waals surface area (Å²) in [5.41, 5.74) is 1.02. The highest BCUT2D eigenvalue weighted by atomic mass is 32.2. The van der Waals surface area contributed by atoms with Crippen LogP contribution < -0.4 is 0 Å². The van der Waals surface area contributed by atoms with Crippen molar-refractivity contribution < 1.29 is 13.2 Å². The van der Waals surface area contributed by atoms with Crippen LogP contribution in [0.25, 0.3) is 0 Å². The number of sulfone groups is 1. The van der Waals surface area contributed by atoms with E-state index in [1.54, 1.807) is 36.4 Å². The van der Waals surface area contributed by atoms with Gasteiger partial charge in [0.15, 0.2) is 17.9 Å². The zero-order valence-corrected chi connectivity index (χ0v) is 11.1. The molecule has 1 aliphatic heterocycles. The van der Waals surface area contributed by atoms with Crippen molar-refractivity contribution in [2.24, 2.45) is 4.99 Å².